The van der Waals surface area contributed by atoms with E-state index in [9.17, 15) is 106 Å². The van der Waals surface area contributed by atoms with Gasteiger partial charge in [-0.15, -0.1) is 0 Å². The Morgan fingerprint density at radius 3 is 1.05 bits per heavy atom. The van der Waals surface area contributed by atoms with Crippen molar-refractivity contribution in [2.24, 2.45) is 0 Å². The summed E-state index contributed by atoms with van der Waals surface area (Å²) in [7, 11) is 0. The smallest absolute Gasteiger partial charge is 0.217 e. The van der Waals surface area contributed by atoms with Crippen LogP contribution in [-0.2, 0) is 76.0 Å². The van der Waals surface area contributed by atoms with E-state index in [1.807, 2.05) is 0 Å². The average Bonchev–Trinajstić information content (AvgIpc) is 1.43. The normalized spacial score (nSPS) is 49.8. The van der Waals surface area contributed by atoms with E-state index in [4.69, 9.17) is 61.6 Å². The number of rotatable bonds is 20. The Morgan fingerprint density at radius 2 is 0.635 bits per heavy atom. The van der Waals surface area contributed by atoms with Crippen molar-refractivity contribution in [1.29, 1.82) is 0 Å². The molecular weight excluding hydrogens is 1160 g/mol. The molecule has 35 atom stereocenters. The molecule has 37 nitrogen and oxygen atoms in total. The van der Waals surface area contributed by atoms with Crippen LogP contribution in [0.25, 0.3) is 0 Å². The molecule has 1 unspecified atom stereocenters. The van der Waals surface area contributed by atoms with Crippen molar-refractivity contribution in [3.8, 4) is 0 Å². The first-order valence-electron chi connectivity index (χ1n) is 27.3. The first-order valence-corrected chi connectivity index (χ1v) is 27.3. The molecular formula is C48H81N3O34. The molecule has 0 bridgehead atoms. The number of aliphatic hydroxyl groups excluding tert-OH is 18. The number of carbonyl (C=O) groups is 3. The minimum atomic E-state index is -2.25. The predicted molar refractivity (Wildman–Crippen MR) is 264 cm³/mol. The van der Waals surface area contributed by atoms with Gasteiger partial charge in [-0.25, -0.2) is 0 Å². The number of hydrogen-bond acceptors (Lipinski definition) is 34. The Balaban J connectivity index is 1.31. The SMILES string of the molecule is CC(=O)N[C@H]1[C@@H](O[C@H]2[C@@H](O)[C@@H](CO)O[C@@H](O[C@H]3[C@@H](O)[C@@H](CO)O[C@H](O[C@H]4[C@@H](O)[C@@H](CO)O[C@@H](O[C@H]5[C@H](O)[C@@H](NC(C)=O)C(O)O[C@@H]5CO)[C@@H]4O[C@@H]4O[C@@H](C)[C@@H](O)[C@@H](O)[C@@H]4O)[C@@H]3NC(C)=O)[C@@H]2O[C@@H]2O[C@@H](C)[C@@H](O)[C@@H](O)[C@@H]2O)O[C@H](CO)[C@H](O)[C@@H]1O. The Morgan fingerprint density at radius 1 is 0.306 bits per heavy atom. The van der Waals surface area contributed by atoms with Crippen LogP contribution in [0.3, 0.4) is 0 Å². The number of amides is 3. The second-order valence-electron chi connectivity index (χ2n) is 21.7. The van der Waals surface area contributed by atoms with Gasteiger partial charge < -0.3 is 169 Å². The van der Waals surface area contributed by atoms with E-state index in [0.717, 1.165) is 20.8 Å². The summed E-state index contributed by atoms with van der Waals surface area (Å²) in [4.78, 5) is 38.0. The molecule has 0 radical (unpaired) electrons. The lowest BCUT2D eigenvalue weighted by Crippen LogP contribution is -2.72. The number of aliphatic hydroxyl groups is 18. The number of nitrogens with one attached hydrogen (secondary N) is 3. The highest BCUT2D eigenvalue weighted by Crippen LogP contribution is 2.40. The zero-order chi connectivity index (χ0) is 62.8. The van der Waals surface area contributed by atoms with Gasteiger partial charge in [0.05, 0.1) is 45.2 Å². The fraction of sp³-hybridized carbons (Fsp3) is 0.938. The molecule has 7 aliphatic rings. The van der Waals surface area contributed by atoms with E-state index in [0.29, 0.717) is 0 Å². The highest BCUT2D eigenvalue weighted by atomic mass is 16.8. The fourth-order valence-electron chi connectivity index (χ4n) is 11.0. The van der Waals surface area contributed by atoms with Gasteiger partial charge in [0.25, 0.3) is 0 Å². The van der Waals surface area contributed by atoms with Gasteiger partial charge in [-0.2, -0.15) is 0 Å². The van der Waals surface area contributed by atoms with Crippen molar-refractivity contribution < 1.29 is 168 Å². The van der Waals surface area contributed by atoms with Crippen LogP contribution in [0.2, 0.25) is 0 Å². The quantitative estimate of drug-likeness (QED) is 0.0538. The maximum Gasteiger partial charge on any atom is 0.217 e. The zero-order valence-corrected chi connectivity index (χ0v) is 46.3. The number of ether oxygens (including phenoxy) is 13. The molecule has 7 heterocycles. The zero-order valence-electron chi connectivity index (χ0n) is 46.3. The minimum absolute atomic E-state index is 0.776. The standard InChI is InChI=1S/C48H81N3O34/c1-11-24(60)32(68)34(70)45(73-11)84-40-39(29(65)18(8-54)78-47(40)80-36-20(10-56)75-42(72)21(31(36)67)49-13(3)57)83-44-23(51-15(5)59)37(27(63)17(7-53)77-44)81-48-41(85-46-35(71)33(69)25(61)12(2)74-46)38(28(64)19(9-55)79-48)82-43-22(50-14(4)58)30(66)26(62)16(6-52)76-43/h11-12,16-48,52-56,60-72H,6-10H2,1-5H3,(H,49,57)(H,50,58)(H,51,59)/t11-,12-,16+,17+,18+,19+,20+,21+,22+,23+,24+,25+,26-,27-,28-,29-,30+,31+,32+,33+,34-,35-,36+,37+,38-,39-,40+,41+,42?,43+,44+,45-,46-,47-,48-/m0/s1. The van der Waals surface area contributed by atoms with E-state index in [1.165, 1.54) is 13.8 Å². The predicted octanol–water partition coefficient (Wildman–Crippen LogP) is -13.8. The minimum Gasteiger partial charge on any atom is -0.394 e. The topological polar surface area (TPSA) is 571 Å². The lowest BCUT2D eigenvalue weighted by Gasteiger charge is -2.52. The molecule has 0 aromatic rings. The summed E-state index contributed by atoms with van der Waals surface area (Å²) in [6.45, 7) is 0.237. The van der Waals surface area contributed by atoms with Crippen LogP contribution >= 0.6 is 0 Å². The van der Waals surface area contributed by atoms with Crippen molar-refractivity contribution in [3.05, 3.63) is 0 Å². The van der Waals surface area contributed by atoms with Gasteiger partial charge in [0.15, 0.2) is 44.0 Å². The largest absolute Gasteiger partial charge is 0.394 e. The van der Waals surface area contributed by atoms with Crippen LogP contribution in [0.4, 0.5) is 0 Å². The lowest BCUT2D eigenvalue weighted by atomic mass is 9.93. The second kappa shape index (κ2) is 29.9. The molecule has 0 saturated carbocycles. The summed E-state index contributed by atoms with van der Waals surface area (Å²) < 4.78 is 78.2. The second-order valence-corrected chi connectivity index (χ2v) is 21.7. The molecule has 7 saturated heterocycles. The molecule has 7 aliphatic heterocycles. The van der Waals surface area contributed by atoms with Crippen molar-refractivity contribution in [3.63, 3.8) is 0 Å². The fourth-order valence-corrected chi connectivity index (χ4v) is 11.0. The highest BCUT2D eigenvalue weighted by molar-refractivity contribution is 5.74. The van der Waals surface area contributed by atoms with Gasteiger partial charge in [-0.3, -0.25) is 14.4 Å². The molecule has 3 amide bonds. The van der Waals surface area contributed by atoms with Crippen LogP contribution in [0.5, 0.6) is 0 Å². The maximum absolute atomic E-state index is 13.3. The van der Waals surface area contributed by atoms with E-state index in [2.05, 4.69) is 16.0 Å². The van der Waals surface area contributed by atoms with E-state index in [-0.39, 0.29) is 0 Å². The van der Waals surface area contributed by atoms with Crippen LogP contribution in [0, 0.1) is 0 Å². The maximum atomic E-state index is 13.3. The highest BCUT2D eigenvalue weighted by Gasteiger charge is 2.60. The third-order valence-corrected chi connectivity index (χ3v) is 15.7. The Bertz CT molecular complexity index is 2150. The Hall–Kier alpha value is -2.83. The third kappa shape index (κ3) is 15.2. The molecule has 21 N–H and O–H groups in total. The molecule has 0 aromatic heterocycles. The summed E-state index contributed by atoms with van der Waals surface area (Å²) in [5, 5.41) is 205. The van der Waals surface area contributed by atoms with Crippen LogP contribution in [-0.4, -0.2) is 357 Å². The molecule has 0 aliphatic carbocycles. The molecule has 37 heteroatoms. The molecule has 0 spiro atoms. The van der Waals surface area contributed by atoms with Gasteiger partial charge in [-0.05, 0) is 13.8 Å². The molecule has 85 heavy (non-hydrogen) atoms. The summed E-state index contributed by atoms with van der Waals surface area (Å²) in [6, 6.07) is -5.36. The summed E-state index contributed by atoms with van der Waals surface area (Å²) in [5.41, 5.74) is 0. The molecule has 492 valence electrons. The van der Waals surface area contributed by atoms with E-state index in [1.54, 1.807) is 0 Å². The van der Waals surface area contributed by atoms with Crippen molar-refractivity contribution >= 4 is 17.7 Å². The average molecular weight is 1240 g/mol. The van der Waals surface area contributed by atoms with Crippen molar-refractivity contribution in [2.45, 2.75) is 249 Å². The molecule has 7 rings (SSSR count). The first-order chi connectivity index (χ1) is 40.1. The van der Waals surface area contributed by atoms with Gasteiger partial charge in [0, 0.05) is 20.8 Å². The van der Waals surface area contributed by atoms with E-state index < -0.39 is 266 Å². The molecule has 7 fully saturated rings. The van der Waals surface area contributed by atoms with Gasteiger partial charge in [-0.1, -0.05) is 0 Å². The first kappa shape index (κ1) is 69.6. The van der Waals surface area contributed by atoms with Crippen molar-refractivity contribution in [1.82, 2.24) is 16.0 Å². The monoisotopic (exact) mass is 1240 g/mol. The summed E-state index contributed by atoms with van der Waals surface area (Å²) in [5.74, 6) is -2.56. The molecule has 0 aromatic carbocycles. The van der Waals surface area contributed by atoms with Crippen molar-refractivity contribution in [2.75, 3.05) is 33.0 Å². The number of carbonyl (C=O) groups excluding carboxylic acids is 3. The van der Waals surface area contributed by atoms with Gasteiger partial charge in [0.1, 0.15) is 159 Å². The van der Waals surface area contributed by atoms with Crippen LogP contribution in [0.15, 0.2) is 0 Å². The summed E-state index contributed by atoms with van der Waals surface area (Å²) >= 11 is 0. The van der Waals surface area contributed by atoms with Crippen LogP contribution < -0.4 is 16.0 Å². The Labute approximate surface area is 483 Å². The third-order valence-electron chi connectivity index (χ3n) is 15.7. The number of hydrogen-bond donors (Lipinski definition) is 21. The summed E-state index contributed by atoms with van der Waals surface area (Å²) in [6.07, 6.45) is -62.6. The van der Waals surface area contributed by atoms with Gasteiger partial charge in [0.2, 0.25) is 17.7 Å². The van der Waals surface area contributed by atoms with Crippen LogP contribution in [0.1, 0.15) is 34.6 Å². The van der Waals surface area contributed by atoms with Gasteiger partial charge >= 0.3 is 0 Å². The lowest BCUT2D eigenvalue weighted by molar-refractivity contribution is -0.407. The Kier molecular flexibility index (Phi) is 24.5. The van der Waals surface area contributed by atoms with E-state index >= 15 is 0 Å².